The van der Waals surface area contributed by atoms with Gasteiger partial charge >= 0.3 is 0 Å². The number of ketones is 1. The van der Waals surface area contributed by atoms with E-state index in [9.17, 15) is 23.7 Å². The van der Waals surface area contributed by atoms with Crippen LogP contribution in [0.15, 0.2) is 36.4 Å². The lowest BCUT2D eigenvalue weighted by molar-refractivity contribution is -0.385. The molecule has 0 spiro atoms. The molecule has 0 fully saturated rings. The standard InChI is InChI=1S/C15H11F2NO3/c1-9-4-2-7-12(18(20)21)14(9)13(19)8-10-5-3-6-11(16)15(10)17/h2-7H,8H2,1H3. The first-order valence-electron chi connectivity index (χ1n) is 6.12. The highest BCUT2D eigenvalue weighted by molar-refractivity contribution is 6.02. The molecule has 0 aliphatic carbocycles. The van der Waals surface area contributed by atoms with Crippen molar-refractivity contribution >= 4 is 11.5 Å². The molecule has 2 aromatic carbocycles. The Labute approximate surface area is 119 Å². The lowest BCUT2D eigenvalue weighted by atomic mass is 9.97. The number of benzene rings is 2. The maximum Gasteiger partial charge on any atom is 0.280 e. The van der Waals surface area contributed by atoms with Gasteiger partial charge in [0.2, 0.25) is 0 Å². The van der Waals surface area contributed by atoms with Crippen molar-refractivity contribution in [2.75, 3.05) is 0 Å². The van der Waals surface area contributed by atoms with Crippen LogP contribution in [-0.2, 0) is 6.42 Å². The second-order valence-corrected chi connectivity index (χ2v) is 4.54. The second kappa shape index (κ2) is 5.78. The van der Waals surface area contributed by atoms with Gasteiger partial charge in [-0.2, -0.15) is 0 Å². The van der Waals surface area contributed by atoms with Gasteiger partial charge < -0.3 is 0 Å². The van der Waals surface area contributed by atoms with Crippen LogP contribution in [0, 0.1) is 28.7 Å². The SMILES string of the molecule is Cc1cccc([N+](=O)[O-])c1C(=O)Cc1cccc(F)c1F. The summed E-state index contributed by atoms with van der Waals surface area (Å²) < 4.78 is 26.7. The van der Waals surface area contributed by atoms with Crippen LogP contribution in [-0.4, -0.2) is 10.7 Å². The molecule has 0 aliphatic heterocycles. The van der Waals surface area contributed by atoms with Gasteiger partial charge in [-0.05, 0) is 24.1 Å². The Balaban J connectivity index is 2.42. The highest BCUT2D eigenvalue weighted by atomic mass is 19.2. The van der Waals surface area contributed by atoms with E-state index in [1.165, 1.54) is 24.3 Å². The summed E-state index contributed by atoms with van der Waals surface area (Å²) in [6, 6.07) is 7.74. The maximum atomic E-state index is 13.6. The lowest BCUT2D eigenvalue weighted by Gasteiger charge is -2.07. The number of hydrogen-bond donors (Lipinski definition) is 0. The topological polar surface area (TPSA) is 60.2 Å². The third-order valence-corrected chi connectivity index (χ3v) is 3.11. The van der Waals surface area contributed by atoms with E-state index in [1.54, 1.807) is 13.0 Å². The van der Waals surface area contributed by atoms with Gasteiger partial charge in [0.25, 0.3) is 5.69 Å². The van der Waals surface area contributed by atoms with Gasteiger partial charge in [0.15, 0.2) is 17.4 Å². The van der Waals surface area contributed by atoms with Gasteiger partial charge in [-0.3, -0.25) is 14.9 Å². The van der Waals surface area contributed by atoms with Gasteiger partial charge in [-0.15, -0.1) is 0 Å². The summed E-state index contributed by atoms with van der Waals surface area (Å²) in [5.74, 6) is -2.79. The quantitative estimate of drug-likeness (QED) is 0.491. The average Bonchev–Trinajstić information content (AvgIpc) is 2.43. The molecule has 0 aromatic heterocycles. The Morgan fingerprint density at radius 1 is 1.19 bits per heavy atom. The first kappa shape index (κ1) is 14.8. The number of aryl methyl sites for hydroxylation is 1. The molecule has 108 valence electrons. The number of halogens is 2. The molecule has 0 radical (unpaired) electrons. The number of rotatable bonds is 4. The van der Waals surface area contributed by atoms with Crippen LogP contribution in [0.5, 0.6) is 0 Å². The maximum absolute atomic E-state index is 13.6. The monoisotopic (exact) mass is 291 g/mol. The summed E-state index contributed by atoms with van der Waals surface area (Å²) in [5.41, 5.74) is -0.119. The van der Waals surface area contributed by atoms with Gasteiger partial charge in [-0.25, -0.2) is 8.78 Å². The van der Waals surface area contributed by atoms with Crippen molar-refractivity contribution in [1.29, 1.82) is 0 Å². The fourth-order valence-corrected chi connectivity index (χ4v) is 2.11. The van der Waals surface area contributed by atoms with Crippen LogP contribution in [0.3, 0.4) is 0 Å². The van der Waals surface area contributed by atoms with Crippen LogP contribution in [0.25, 0.3) is 0 Å². The number of nitrogens with zero attached hydrogens (tertiary/aromatic N) is 1. The molecule has 0 amide bonds. The van der Waals surface area contributed by atoms with Crippen molar-refractivity contribution in [3.05, 3.63) is 74.8 Å². The Bertz CT molecular complexity index is 729. The fraction of sp³-hybridized carbons (Fsp3) is 0.133. The molecule has 0 N–H and O–H groups in total. The van der Waals surface area contributed by atoms with Crippen molar-refractivity contribution in [1.82, 2.24) is 0 Å². The first-order chi connectivity index (χ1) is 9.91. The van der Waals surface area contributed by atoms with Crippen molar-refractivity contribution in [3.8, 4) is 0 Å². The number of hydrogen-bond acceptors (Lipinski definition) is 3. The predicted molar refractivity (Wildman–Crippen MR) is 72.2 cm³/mol. The van der Waals surface area contributed by atoms with E-state index < -0.39 is 28.8 Å². The van der Waals surface area contributed by atoms with Crippen molar-refractivity contribution in [2.45, 2.75) is 13.3 Å². The molecular weight excluding hydrogens is 280 g/mol. The molecule has 0 bridgehead atoms. The molecular formula is C15H11F2NO3. The largest absolute Gasteiger partial charge is 0.294 e. The minimum Gasteiger partial charge on any atom is -0.294 e. The van der Waals surface area contributed by atoms with Crippen LogP contribution in [0.2, 0.25) is 0 Å². The number of nitro benzene ring substituents is 1. The number of carbonyl (C=O) groups is 1. The minimum atomic E-state index is -1.11. The third kappa shape index (κ3) is 2.94. The second-order valence-electron chi connectivity index (χ2n) is 4.54. The van der Waals surface area contributed by atoms with Gasteiger partial charge in [-0.1, -0.05) is 24.3 Å². The zero-order chi connectivity index (χ0) is 15.6. The zero-order valence-electron chi connectivity index (χ0n) is 11.1. The van der Waals surface area contributed by atoms with Gasteiger partial charge in [0, 0.05) is 12.5 Å². The smallest absolute Gasteiger partial charge is 0.280 e. The molecule has 0 unspecified atom stereocenters. The Morgan fingerprint density at radius 2 is 1.86 bits per heavy atom. The summed E-state index contributed by atoms with van der Waals surface area (Å²) in [4.78, 5) is 22.5. The molecule has 2 rings (SSSR count). The molecule has 0 aliphatic rings. The summed E-state index contributed by atoms with van der Waals surface area (Å²) in [6.07, 6.45) is -0.435. The summed E-state index contributed by atoms with van der Waals surface area (Å²) in [6.45, 7) is 1.56. The molecule has 0 saturated carbocycles. The Hall–Kier alpha value is -2.63. The van der Waals surface area contributed by atoms with Crippen molar-refractivity contribution in [3.63, 3.8) is 0 Å². The van der Waals surface area contributed by atoms with Crippen molar-refractivity contribution < 1.29 is 18.5 Å². The van der Waals surface area contributed by atoms with E-state index >= 15 is 0 Å². The van der Waals surface area contributed by atoms with Crippen LogP contribution >= 0.6 is 0 Å². The predicted octanol–water partition coefficient (Wildman–Crippen LogP) is 3.61. The van der Waals surface area contributed by atoms with E-state index in [0.717, 1.165) is 6.07 Å². The molecule has 0 saturated heterocycles. The van der Waals surface area contributed by atoms with E-state index in [-0.39, 0.29) is 16.8 Å². The van der Waals surface area contributed by atoms with Crippen LogP contribution in [0.1, 0.15) is 21.5 Å². The third-order valence-electron chi connectivity index (χ3n) is 3.11. The molecule has 0 atom stereocenters. The molecule has 2 aromatic rings. The van der Waals surface area contributed by atoms with E-state index in [0.29, 0.717) is 5.56 Å². The highest BCUT2D eigenvalue weighted by Gasteiger charge is 2.23. The average molecular weight is 291 g/mol. The molecule has 0 heterocycles. The molecule has 21 heavy (non-hydrogen) atoms. The lowest BCUT2D eigenvalue weighted by Crippen LogP contribution is -2.10. The Kier molecular flexibility index (Phi) is 4.07. The summed E-state index contributed by atoms with van der Waals surface area (Å²) in [5, 5.41) is 11.0. The van der Waals surface area contributed by atoms with Crippen molar-refractivity contribution in [2.24, 2.45) is 0 Å². The van der Waals surface area contributed by atoms with Gasteiger partial charge in [0.1, 0.15) is 0 Å². The van der Waals surface area contributed by atoms with Crippen LogP contribution < -0.4 is 0 Å². The van der Waals surface area contributed by atoms with Gasteiger partial charge in [0.05, 0.1) is 10.5 Å². The van der Waals surface area contributed by atoms with E-state index in [2.05, 4.69) is 0 Å². The van der Waals surface area contributed by atoms with E-state index in [1.807, 2.05) is 0 Å². The Morgan fingerprint density at radius 3 is 2.52 bits per heavy atom. The fourth-order valence-electron chi connectivity index (χ4n) is 2.11. The molecule has 6 heteroatoms. The number of Topliss-reactive ketones (excluding diaryl/α,β-unsaturated/α-hetero) is 1. The zero-order valence-corrected chi connectivity index (χ0v) is 11.1. The summed E-state index contributed by atoms with van der Waals surface area (Å²) >= 11 is 0. The van der Waals surface area contributed by atoms with E-state index in [4.69, 9.17) is 0 Å². The highest BCUT2D eigenvalue weighted by Crippen LogP contribution is 2.24. The number of nitro groups is 1. The van der Waals surface area contributed by atoms with Crippen LogP contribution in [0.4, 0.5) is 14.5 Å². The normalized spacial score (nSPS) is 10.4. The molecule has 4 nitrogen and oxygen atoms in total. The minimum absolute atomic E-state index is 0.0776. The summed E-state index contributed by atoms with van der Waals surface area (Å²) in [7, 11) is 0. The number of carbonyl (C=O) groups excluding carboxylic acids is 1. The first-order valence-corrected chi connectivity index (χ1v) is 6.12.